The van der Waals surface area contributed by atoms with E-state index in [4.69, 9.17) is 16.7 Å². The van der Waals surface area contributed by atoms with Crippen LogP contribution in [-0.2, 0) is 6.54 Å². The summed E-state index contributed by atoms with van der Waals surface area (Å²) in [7, 11) is 3.82. The maximum Gasteiger partial charge on any atom is 0.511 e. The van der Waals surface area contributed by atoms with Gasteiger partial charge in [0.2, 0.25) is 5.43 Å². The summed E-state index contributed by atoms with van der Waals surface area (Å²) in [6.07, 6.45) is -0.624. The van der Waals surface area contributed by atoms with Crippen LogP contribution in [-0.4, -0.2) is 34.8 Å². The molecule has 0 fully saturated rings. The van der Waals surface area contributed by atoms with E-state index in [1.165, 1.54) is 4.57 Å². The van der Waals surface area contributed by atoms with Gasteiger partial charge in [-0.15, -0.1) is 0 Å². The fourth-order valence-electron chi connectivity index (χ4n) is 2.86. The number of carbonyl (C=O) groups is 1. The molecule has 0 bridgehead atoms. The molecule has 9 heteroatoms. The van der Waals surface area contributed by atoms with E-state index in [-0.39, 0.29) is 10.9 Å². The lowest BCUT2D eigenvalue weighted by molar-refractivity contribution is 0.144. The fourth-order valence-corrected chi connectivity index (χ4v) is 3.15. The van der Waals surface area contributed by atoms with Gasteiger partial charge in [0.25, 0.3) is 0 Å². The van der Waals surface area contributed by atoms with Gasteiger partial charge in [0, 0.05) is 12.2 Å². The molecule has 0 aliphatic heterocycles. The Hall–Kier alpha value is -2.97. The number of fused-ring (bicyclic) bond motifs is 1. The fraction of sp³-hybridized carbons (Fsp3) is 0.158. The third-order valence-corrected chi connectivity index (χ3v) is 4.35. The lowest BCUT2D eigenvalue weighted by atomic mass is 10.1. The van der Waals surface area contributed by atoms with Crippen molar-refractivity contribution >= 4 is 28.7 Å². The molecule has 28 heavy (non-hydrogen) atoms. The molecule has 0 spiro atoms. The number of carboxylic acid groups (broad SMARTS) is 1. The molecule has 146 valence electrons. The Labute approximate surface area is 163 Å². The molecule has 0 unspecified atom stereocenters. The lowest BCUT2D eigenvalue weighted by Gasteiger charge is -2.16. The number of halogens is 3. The van der Waals surface area contributed by atoms with Crippen molar-refractivity contribution in [3.63, 3.8) is 0 Å². The highest BCUT2D eigenvalue weighted by Gasteiger charge is 2.21. The summed E-state index contributed by atoms with van der Waals surface area (Å²) in [6.45, 7) is 0.680. The smallest absolute Gasteiger partial charge is 0.449 e. The van der Waals surface area contributed by atoms with Crippen LogP contribution in [0.1, 0.15) is 5.56 Å². The van der Waals surface area contributed by atoms with Crippen LogP contribution >= 0.6 is 11.6 Å². The molecule has 1 heterocycles. The van der Waals surface area contributed by atoms with E-state index in [0.717, 1.165) is 11.8 Å². The van der Waals surface area contributed by atoms with Crippen molar-refractivity contribution in [2.75, 3.05) is 14.1 Å². The molecule has 0 radical (unpaired) electrons. The molecule has 1 N–H and O–H groups in total. The quantitative estimate of drug-likeness (QED) is 0.521. The van der Waals surface area contributed by atoms with Crippen LogP contribution in [0.15, 0.2) is 41.3 Å². The predicted octanol–water partition coefficient (Wildman–Crippen LogP) is 4.04. The van der Waals surface area contributed by atoms with Crippen LogP contribution in [0.2, 0.25) is 5.02 Å². The van der Waals surface area contributed by atoms with Gasteiger partial charge in [0.05, 0.1) is 17.1 Å². The Kier molecular flexibility index (Phi) is 5.35. The van der Waals surface area contributed by atoms with Gasteiger partial charge in [-0.3, -0.25) is 4.79 Å². The van der Waals surface area contributed by atoms with Crippen molar-refractivity contribution < 1.29 is 23.4 Å². The average molecular weight is 409 g/mol. The first kappa shape index (κ1) is 19.8. The topological polar surface area (TPSA) is 71.8 Å². The van der Waals surface area contributed by atoms with Gasteiger partial charge in [-0.1, -0.05) is 23.7 Å². The highest BCUT2D eigenvalue weighted by Crippen LogP contribution is 2.30. The third-order valence-electron chi connectivity index (χ3n) is 4.00. The number of ether oxygens (including phenoxy) is 1. The number of benzene rings is 2. The van der Waals surface area contributed by atoms with E-state index in [9.17, 15) is 18.4 Å². The first-order chi connectivity index (χ1) is 13.2. The van der Waals surface area contributed by atoms with Gasteiger partial charge < -0.3 is 19.3 Å². The highest BCUT2D eigenvalue weighted by molar-refractivity contribution is 6.35. The summed E-state index contributed by atoms with van der Waals surface area (Å²) in [5, 5.41) is 7.97. The second kappa shape index (κ2) is 7.57. The van der Waals surface area contributed by atoms with E-state index in [1.807, 2.05) is 31.1 Å². The molecule has 3 rings (SSSR count). The lowest BCUT2D eigenvalue weighted by Crippen LogP contribution is -2.17. The van der Waals surface area contributed by atoms with E-state index >= 15 is 0 Å². The van der Waals surface area contributed by atoms with E-state index < -0.39 is 34.0 Å². The molecule has 0 aliphatic carbocycles. The summed E-state index contributed by atoms with van der Waals surface area (Å²) in [6, 6.07) is 7.66. The Bertz CT molecular complexity index is 1130. The van der Waals surface area contributed by atoms with Gasteiger partial charge >= 0.3 is 6.16 Å². The monoisotopic (exact) mass is 408 g/mol. The van der Waals surface area contributed by atoms with Crippen LogP contribution in [0, 0.1) is 11.6 Å². The first-order valence-electron chi connectivity index (χ1n) is 8.06. The van der Waals surface area contributed by atoms with Gasteiger partial charge in [-0.2, -0.15) is 0 Å². The number of pyridine rings is 1. The molecule has 0 saturated heterocycles. The zero-order valence-electron chi connectivity index (χ0n) is 14.9. The van der Waals surface area contributed by atoms with Gasteiger partial charge in [0.15, 0.2) is 17.4 Å². The number of hydrogen-bond donors (Lipinski definition) is 1. The van der Waals surface area contributed by atoms with Crippen molar-refractivity contribution in [2.24, 2.45) is 0 Å². The van der Waals surface area contributed by atoms with Gasteiger partial charge in [0.1, 0.15) is 5.02 Å². The average Bonchev–Trinajstić information content (AvgIpc) is 2.62. The number of nitrogens with zero attached hydrogens (tertiary/aromatic N) is 2. The summed E-state index contributed by atoms with van der Waals surface area (Å²) >= 11 is 5.98. The van der Waals surface area contributed by atoms with Gasteiger partial charge in [-0.25, -0.2) is 13.6 Å². The maximum atomic E-state index is 14.1. The van der Waals surface area contributed by atoms with Crippen LogP contribution in [0.5, 0.6) is 5.75 Å². The molecular weight excluding hydrogens is 394 g/mol. The summed E-state index contributed by atoms with van der Waals surface area (Å²) in [5.41, 5.74) is 0.433. The van der Waals surface area contributed by atoms with Crippen molar-refractivity contribution in [1.82, 2.24) is 9.47 Å². The van der Waals surface area contributed by atoms with Crippen LogP contribution in [0.25, 0.3) is 16.6 Å². The van der Waals surface area contributed by atoms with Crippen LogP contribution in [0.3, 0.4) is 0 Å². The summed E-state index contributed by atoms with van der Waals surface area (Å²) in [5.74, 6) is -3.19. The minimum absolute atomic E-state index is 0.0938. The molecular formula is C19H15ClF2N2O4. The van der Waals surface area contributed by atoms with Crippen molar-refractivity contribution in [1.29, 1.82) is 0 Å². The maximum absolute atomic E-state index is 14.1. The van der Waals surface area contributed by atoms with Gasteiger partial charge in [-0.05, 0) is 37.9 Å². The molecule has 0 aliphatic rings. The number of aromatic nitrogens is 1. The largest absolute Gasteiger partial charge is 0.511 e. The molecule has 2 aromatic carbocycles. The zero-order valence-corrected chi connectivity index (χ0v) is 15.6. The van der Waals surface area contributed by atoms with E-state index in [2.05, 4.69) is 4.74 Å². The van der Waals surface area contributed by atoms with E-state index in [0.29, 0.717) is 18.3 Å². The normalized spacial score (nSPS) is 11.2. The van der Waals surface area contributed by atoms with E-state index in [1.54, 1.807) is 12.1 Å². The Morgan fingerprint density at radius 3 is 2.46 bits per heavy atom. The Morgan fingerprint density at radius 2 is 1.89 bits per heavy atom. The second-order valence-electron chi connectivity index (χ2n) is 6.35. The summed E-state index contributed by atoms with van der Waals surface area (Å²) in [4.78, 5) is 25.4. The van der Waals surface area contributed by atoms with Crippen LogP contribution < -0.4 is 10.2 Å². The first-order valence-corrected chi connectivity index (χ1v) is 8.44. The standard InChI is InChI=1S/C19H15ClF2N2O4/c1-23(2)8-10-3-5-11(6-4-10)24-9-14(28-19(26)27)18(25)12-7-13(21)16(22)15(20)17(12)24/h3-7,9H,8H2,1-2H3,(H,26,27). The number of rotatable bonds is 4. The van der Waals surface area contributed by atoms with Crippen molar-refractivity contribution in [3.8, 4) is 11.4 Å². The second-order valence-corrected chi connectivity index (χ2v) is 6.73. The van der Waals surface area contributed by atoms with Crippen LogP contribution in [0.4, 0.5) is 13.6 Å². The Morgan fingerprint density at radius 1 is 1.25 bits per heavy atom. The molecule has 6 nitrogen and oxygen atoms in total. The SMILES string of the molecule is CN(C)Cc1ccc(-n2cc(OC(=O)O)c(=O)c3cc(F)c(F)c(Cl)c32)cc1. The van der Waals surface area contributed by atoms with Crippen molar-refractivity contribution in [2.45, 2.75) is 6.54 Å². The molecule has 0 atom stereocenters. The molecule has 0 amide bonds. The molecule has 3 aromatic rings. The summed E-state index contributed by atoms with van der Waals surface area (Å²) < 4.78 is 33.7. The third kappa shape index (κ3) is 3.69. The predicted molar refractivity (Wildman–Crippen MR) is 101 cm³/mol. The minimum Gasteiger partial charge on any atom is -0.449 e. The highest BCUT2D eigenvalue weighted by atomic mass is 35.5. The number of hydrogen-bond acceptors (Lipinski definition) is 4. The minimum atomic E-state index is -1.71. The molecule has 0 saturated carbocycles. The Balaban J connectivity index is 2.31. The van der Waals surface area contributed by atoms with Crippen molar-refractivity contribution in [3.05, 3.63) is 69.0 Å². The molecule has 1 aromatic heterocycles. The zero-order chi connectivity index (χ0) is 20.6.